The number of ether oxygens (including phenoxy) is 2. The first-order valence-electron chi connectivity index (χ1n) is 11.6. The molecule has 0 fully saturated rings. The average molecular weight is 511 g/mol. The van der Waals surface area contributed by atoms with Crippen molar-refractivity contribution >= 4 is 46.0 Å². The van der Waals surface area contributed by atoms with Crippen LogP contribution in [0.2, 0.25) is 5.02 Å². The van der Waals surface area contributed by atoms with E-state index in [4.69, 9.17) is 21.1 Å². The highest BCUT2D eigenvalue weighted by Crippen LogP contribution is 2.31. The number of anilines is 1. The zero-order valence-corrected chi connectivity index (χ0v) is 21.0. The van der Waals surface area contributed by atoms with E-state index in [1.165, 1.54) is 6.08 Å². The second-order valence-electron chi connectivity index (χ2n) is 8.11. The van der Waals surface area contributed by atoms with Gasteiger partial charge in [0, 0.05) is 0 Å². The molecule has 37 heavy (non-hydrogen) atoms. The zero-order chi connectivity index (χ0) is 26.4. The van der Waals surface area contributed by atoms with Gasteiger partial charge in [-0.15, -0.1) is 0 Å². The van der Waals surface area contributed by atoms with Crippen LogP contribution >= 0.6 is 11.6 Å². The highest BCUT2D eigenvalue weighted by molar-refractivity contribution is 6.34. The SMILES string of the molecule is CCOc1cc(/C=C(\C#N)C(=O)Nc2c(C)cccc2Cl)ccc1OC(=O)c1cccc2ccccc12. The van der Waals surface area contributed by atoms with Crippen molar-refractivity contribution in [1.82, 2.24) is 0 Å². The molecule has 0 heterocycles. The maximum Gasteiger partial charge on any atom is 0.344 e. The van der Waals surface area contributed by atoms with Gasteiger partial charge in [0.1, 0.15) is 11.6 Å². The molecule has 0 aliphatic rings. The molecule has 0 saturated heterocycles. The van der Waals surface area contributed by atoms with Crippen LogP contribution in [0.15, 0.2) is 84.4 Å². The smallest absolute Gasteiger partial charge is 0.344 e. The van der Waals surface area contributed by atoms with Gasteiger partial charge in [-0.1, -0.05) is 66.2 Å². The predicted molar refractivity (Wildman–Crippen MR) is 145 cm³/mol. The highest BCUT2D eigenvalue weighted by Gasteiger charge is 2.17. The molecule has 0 atom stereocenters. The van der Waals surface area contributed by atoms with Gasteiger partial charge in [0.2, 0.25) is 0 Å². The zero-order valence-electron chi connectivity index (χ0n) is 20.2. The lowest BCUT2D eigenvalue weighted by Crippen LogP contribution is -2.14. The van der Waals surface area contributed by atoms with E-state index in [2.05, 4.69) is 5.32 Å². The average Bonchev–Trinajstić information content (AvgIpc) is 2.90. The number of esters is 1. The van der Waals surface area contributed by atoms with Crippen molar-refractivity contribution in [3.05, 3.63) is 106 Å². The maximum absolute atomic E-state index is 13.0. The summed E-state index contributed by atoms with van der Waals surface area (Å²) in [6.07, 6.45) is 1.43. The minimum Gasteiger partial charge on any atom is -0.490 e. The summed E-state index contributed by atoms with van der Waals surface area (Å²) in [5, 5.41) is 14.4. The van der Waals surface area contributed by atoms with Gasteiger partial charge >= 0.3 is 5.97 Å². The van der Waals surface area contributed by atoms with E-state index in [0.29, 0.717) is 34.2 Å². The Labute approximate surface area is 219 Å². The number of carbonyl (C=O) groups is 2. The van der Waals surface area contributed by atoms with Crippen molar-refractivity contribution < 1.29 is 19.1 Å². The number of nitrogens with one attached hydrogen (secondary N) is 1. The van der Waals surface area contributed by atoms with Crippen LogP contribution in [0.25, 0.3) is 16.8 Å². The molecule has 0 aromatic heterocycles. The monoisotopic (exact) mass is 510 g/mol. The van der Waals surface area contributed by atoms with Crippen LogP contribution < -0.4 is 14.8 Å². The molecule has 6 nitrogen and oxygen atoms in total. The topological polar surface area (TPSA) is 88.4 Å². The van der Waals surface area contributed by atoms with E-state index in [1.54, 1.807) is 49.4 Å². The van der Waals surface area contributed by atoms with Crippen molar-refractivity contribution in [2.24, 2.45) is 0 Å². The van der Waals surface area contributed by atoms with Gasteiger partial charge < -0.3 is 14.8 Å². The lowest BCUT2D eigenvalue weighted by molar-refractivity contribution is -0.112. The van der Waals surface area contributed by atoms with Crippen molar-refractivity contribution in [2.45, 2.75) is 13.8 Å². The first-order chi connectivity index (χ1) is 17.9. The molecule has 4 aromatic rings. The van der Waals surface area contributed by atoms with E-state index in [9.17, 15) is 14.9 Å². The third-order valence-electron chi connectivity index (χ3n) is 5.62. The molecule has 1 amide bonds. The number of rotatable bonds is 7. The summed E-state index contributed by atoms with van der Waals surface area (Å²) in [5.41, 5.74) is 2.05. The summed E-state index contributed by atoms with van der Waals surface area (Å²) in [5.74, 6) is -0.576. The molecule has 184 valence electrons. The van der Waals surface area contributed by atoms with Crippen LogP contribution in [0.3, 0.4) is 0 Å². The van der Waals surface area contributed by atoms with Gasteiger partial charge in [-0.05, 0) is 66.1 Å². The van der Waals surface area contributed by atoms with E-state index < -0.39 is 11.9 Å². The summed E-state index contributed by atoms with van der Waals surface area (Å²) in [6, 6.07) is 25.0. The summed E-state index contributed by atoms with van der Waals surface area (Å²) < 4.78 is 11.4. The Morgan fingerprint density at radius 3 is 2.51 bits per heavy atom. The number of nitriles is 1. The van der Waals surface area contributed by atoms with Crippen molar-refractivity contribution in [3.8, 4) is 17.6 Å². The van der Waals surface area contributed by atoms with Crippen molar-refractivity contribution in [2.75, 3.05) is 11.9 Å². The Morgan fingerprint density at radius 1 is 1.00 bits per heavy atom. The van der Waals surface area contributed by atoms with Gasteiger partial charge in [-0.2, -0.15) is 5.26 Å². The number of carbonyl (C=O) groups excluding carboxylic acids is 2. The molecule has 0 aliphatic heterocycles. The number of aryl methyl sites for hydroxylation is 1. The first-order valence-corrected chi connectivity index (χ1v) is 11.9. The van der Waals surface area contributed by atoms with Crippen LogP contribution in [0.4, 0.5) is 5.69 Å². The van der Waals surface area contributed by atoms with Gasteiger partial charge in [0.05, 0.1) is 22.9 Å². The maximum atomic E-state index is 13.0. The summed E-state index contributed by atoms with van der Waals surface area (Å²) in [7, 11) is 0. The van der Waals surface area contributed by atoms with Gasteiger partial charge in [-0.25, -0.2) is 4.79 Å². The molecule has 4 rings (SSSR count). The Kier molecular flexibility index (Phi) is 7.87. The molecule has 0 radical (unpaired) electrons. The van der Waals surface area contributed by atoms with E-state index in [1.807, 2.05) is 49.4 Å². The molecule has 4 aromatic carbocycles. The molecular weight excluding hydrogens is 488 g/mol. The fourth-order valence-corrected chi connectivity index (χ4v) is 4.08. The molecule has 0 bridgehead atoms. The van der Waals surface area contributed by atoms with Crippen LogP contribution in [0.5, 0.6) is 11.5 Å². The first kappa shape index (κ1) is 25.5. The second-order valence-corrected chi connectivity index (χ2v) is 8.52. The van der Waals surface area contributed by atoms with Gasteiger partial charge in [0.15, 0.2) is 11.5 Å². The normalized spacial score (nSPS) is 11.0. The summed E-state index contributed by atoms with van der Waals surface area (Å²) >= 11 is 6.20. The fraction of sp³-hybridized carbons (Fsp3) is 0.100. The Morgan fingerprint density at radius 2 is 1.76 bits per heavy atom. The standard InChI is InChI=1S/C30H23ClN2O4/c1-3-36-27-17-20(16-22(18-32)29(34)33-28-19(2)8-6-13-25(28)31)14-15-26(27)37-30(35)24-12-7-10-21-9-4-5-11-23(21)24/h4-17H,3H2,1-2H3,(H,33,34)/b22-16+. The number of hydrogen-bond donors (Lipinski definition) is 1. The molecule has 7 heteroatoms. The molecule has 0 unspecified atom stereocenters. The van der Waals surface area contributed by atoms with E-state index in [-0.39, 0.29) is 11.3 Å². The predicted octanol–water partition coefficient (Wildman–Crippen LogP) is 6.97. The Balaban J connectivity index is 1.60. The van der Waals surface area contributed by atoms with Gasteiger partial charge in [-0.3, -0.25) is 4.79 Å². The minimum absolute atomic E-state index is 0.123. The second kappa shape index (κ2) is 11.4. The highest BCUT2D eigenvalue weighted by atomic mass is 35.5. The fourth-order valence-electron chi connectivity index (χ4n) is 3.81. The lowest BCUT2D eigenvalue weighted by atomic mass is 10.0. The van der Waals surface area contributed by atoms with E-state index in [0.717, 1.165) is 16.3 Å². The van der Waals surface area contributed by atoms with E-state index >= 15 is 0 Å². The third kappa shape index (κ3) is 5.80. The van der Waals surface area contributed by atoms with Crippen molar-refractivity contribution in [3.63, 3.8) is 0 Å². The number of nitrogens with zero attached hydrogens (tertiary/aromatic N) is 1. The van der Waals surface area contributed by atoms with Crippen LogP contribution in [0, 0.1) is 18.3 Å². The lowest BCUT2D eigenvalue weighted by Gasteiger charge is -2.13. The largest absolute Gasteiger partial charge is 0.490 e. The number of amides is 1. The number of fused-ring (bicyclic) bond motifs is 1. The molecule has 0 aliphatic carbocycles. The molecular formula is C30H23ClN2O4. The van der Waals surface area contributed by atoms with Crippen LogP contribution in [-0.4, -0.2) is 18.5 Å². The molecule has 0 spiro atoms. The number of hydrogen-bond acceptors (Lipinski definition) is 5. The molecule has 1 N–H and O–H groups in total. The quantitative estimate of drug-likeness (QED) is 0.125. The van der Waals surface area contributed by atoms with Crippen LogP contribution in [-0.2, 0) is 4.79 Å². The Hall–Kier alpha value is -4.60. The molecule has 0 saturated carbocycles. The Bertz CT molecular complexity index is 1540. The van der Waals surface area contributed by atoms with Crippen LogP contribution in [0.1, 0.15) is 28.4 Å². The summed E-state index contributed by atoms with van der Waals surface area (Å²) in [4.78, 5) is 25.8. The number of para-hydroxylation sites is 1. The number of halogens is 1. The number of benzene rings is 4. The minimum atomic E-state index is -0.594. The van der Waals surface area contributed by atoms with Gasteiger partial charge in [0.25, 0.3) is 5.91 Å². The van der Waals surface area contributed by atoms with Crippen molar-refractivity contribution in [1.29, 1.82) is 5.26 Å². The third-order valence-corrected chi connectivity index (χ3v) is 5.93. The summed E-state index contributed by atoms with van der Waals surface area (Å²) in [6.45, 7) is 3.94.